The highest BCUT2D eigenvalue weighted by Crippen LogP contribution is 2.33. The molecule has 4 rings (SSSR count). The Hall–Kier alpha value is -1.88. The van der Waals surface area contributed by atoms with Crippen molar-refractivity contribution in [2.75, 3.05) is 0 Å². The summed E-state index contributed by atoms with van der Waals surface area (Å²) in [7, 11) is 0. The Morgan fingerprint density at radius 2 is 1.78 bits per heavy atom. The van der Waals surface area contributed by atoms with Gasteiger partial charge in [0.05, 0.1) is 11.9 Å². The van der Waals surface area contributed by atoms with E-state index in [1.165, 1.54) is 44.2 Å². The molecule has 1 saturated carbocycles. The van der Waals surface area contributed by atoms with E-state index >= 15 is 0 Å². The summed E-state index contributed by atoms with van der Waals surface area (Å²) in [5.74, 6) is -0.232. The Kier molecular flexibility index (Phi) is 4.04. The number of fused-ring (bicyclic) bond motifs is 1. The maximum atomic E-state index is 13.1. The number of rotatable bonds is 3. The molecule has 3 nitrogen and oxygen atoms in total. The lowest BCUT2D eigenvalue weighted by Gasteiger charge is -2.20. The van der Waals surface area contributed by atoms with Crippen molar-refractivity contribution in [3.05, 3.63) is 48.4 Å². The molecule has 0 atom stereocenters. The molecule has 2 aromatic heterocycles. The van der Waals surface area contributed by atoms with Gasteiger partial charge in [-0.05, 0) is 49.2 Å². The Morgan fingerprint density at radius 1 is 1.00 bits per heavy atom. The summed E-state index contributed by atoms with van der Waals surface area (Å²) in [5.41, 5.74) is 2.63. The van der Waals surface area contributed by atoms with Gasteiger partial charge in [0, 0.05) is 10.8 Å². The van der Waals surface area contributed by atoms with Crippen molar-refractivity contribution in [2.45, 2.75) is 42.4 Å². The first-order valence-corrected chi connectivity index (χ1v) is 8.95. The fraction of sp³-hybridized carbons (Fsp3) is 0.333. The highest BCUT2D eigenvalue weighted by atomic mass is 32.2. The monoisotopic (exact) mass is 327 g/mol. The van der Waals surface area contributed by atoms with Gasteiger partial charge in [0.15, 0.2) is 5.65 Å². The van der Waals surface area contributed by atoms with Crippen molar-refractivity contribution in [2.24, 2.45) is 0 Å². The number of aromatic nitrogens is 3. The molecule has 0 aliphatic heterocycles. The molecule has 0 N–H and O–H groups in total. The second-order valence-electron chi connectivity index (χ2n) is 5.97. The van der Waals surface area contributed by atoms with Crippen molar-refractivity contribution in [3.8, 4) is 11.3 Å². The molecule has 1 fully saturated rings. The molecule has 2 heterocycles. The van der Waals surface area contributed by atoms with E-state index in [0.29, 0.717) is 5.25 Å². The minimum Gasteiger partial charge on any atom is -0.235 e. The average Bonchev–Trinajstić information content (AvgIpc) is 3.00. The smallest absolute Gasteiger partial charge is 0.154 e. The van der Waals surface area contributed by atoms with Crippen LogP contribution < -0.4 is 0 Å². The van der Waals surface area contributed by atoms with E-state index < -0.39 is 0 Å². The fourth-order valence-electron chi connectivity index (χ4n) is 3.09. The quantitative estimate of drug-likeness (QED) is 0.681. The van der Waals surface area contributed by atoms with Crippen LogP contribution >= 0.6 is 11.8 Å². The Morgan fingerprint density at radius 3 is 2.57 bits per heavy atom. The van der Waals surface area contributed by atoms with Crippen molar-refractivity contribution < 1.29 is 4.39 Å². The third-order valence-corrected chi connectivity index (χ3v) is 5.58. The standard InChI is InChI=1S/C18H18FN3S/c19-14-8-6-13(7-9-14)16-12-20-17-10-11-18(21-22(16)17)23-15-4-2-1-3-5-15/h6-12,15H,1-5H2. The van der Waals surface area contributed by atoms with Gasteiger partial charge < -0.3 is 0 Å². The van der Waals surface area contributed by atoms with Gasteiger partial charge in [-0.3, -0.25) is 0 Å². The van der Waals surface area contributed by atoms with Crippen LogP contribution in [-0.2, 0) is 0 Å². The van der Waals surface area contributed by atoms with Gasteiger partial charge in [0.2, 0.25) is 0 Å². The predicted molar refractivity (Wildman–Crippen MR) is 91.1 cm³/mol. The van der Waals surface area contributed by atoms with Gasteiger partial charge in [-0.15, -0.1) is 11.8 Å². The van der Waals surface area contributed by atoms with E-state index in [9.17, 15) is 4.39 Å². The Balaban J connectivity index is 1.66. The zero-order valence-electron chi connectivity index (χ0n) is 12.8. The third kappa shape index (κ3) is 3.11. The molecule has 0 unspecified atom stereocenters. The van der Waals surface area contributed by atoms with Gasteiger partial charge in [-0.25, -0.2) is 13.9 Å². The van der Waals surface area contributed by atoms with Crippen LogP contribution in [0.1, 0.15) is 32.1 Å². The average molecular weight is 327 g/mol. The molecule has 0 spiro atoms. The molecule has 5 heteroatoms. The van der Waals surface area contributed by atoms with Crippen molar-refractivity contribution in [1.82, 2.24) is 14.6 Å². The Bertz CT molecular complexity index is 807. The summed E-state index contributed by atoms with van der Waals surface area (Å²) in [6.45, 7) is 0. The fourth-order valence-corrected chi connectivity index (χ4v) is 4.28. The first-order valence-electron chi connectivity index (χ1n) is 8.07. The molecule has 3 aromatic rings. The summed E-state index contributed by atoms with van der Waals surface area (Å²) in [4.78, 5) is 4.40. The lowest BCUT2D eigenvalue weighted by Crippen LogP contribution is -2.08. The van der Waals surface area contributed by atoms with E-state index in [1.54, 1.807) is 18.3 Å². The van der Waals surface area contributed by atoms with Crippen LogP contribution in [0, 0.1) is 5.82 Å². The molecule has 1 aliphatic rings. The maximum absolute atomic E-state index is 13.1. The second kappa shape index (κ2) is 6.32. The maximum Gasteiger partial charge on any atom is 0.154 e. The van der Waals surface area contributed by atoms with Crippen molar-refractivity contribution in [1.29, 1.82) is 0 Å². The SMILES string of the molecule is Fc1ccc(-c2cnc3ccc(SC4CCCCC4)nn23)cc1. The van der Waals surface area contributed by atoms with Gasteiger partial charge in [0.25, 0.3) is 0 Å². The molecule has 1 aliphatic carbocycles. The van der Waals surface area contributed by atoms with Crippen LogP contribution in [-0.4, -0.2) is 19.8 Å². The minimum atomic E-state index is -0.232. The van der Waals surface area contributed by atoms with Crippen LogP contribution in [0.5, 0.6) is 0 Å². The van der Waals surface area contributed by atoms with Crippen molar-refractivity contribution in [3.63, 3.8) is 0 Å². The molecule has 23 heavy (non-hydrogen) atoms. The van der Waals surface area contributed by atoms with E-state index in [2.05, 4.69) is 11.1 Å². The summed E-state index contributed by atoms with van der Waals surface area (Å²) in [6, 6.07) is 10.5. The zero-order valence-corrected chi connectivity index (χ0v) is 13.6. The van der Waals surface area contributed by atoms with E-state index in [0.717, 1.165) is 21.9 Å². The molecule has 0 saturated heterocycles. The van der Waals surface area contributed by atoms with Crippen LogP contribution in [0.4, 0.5) is 4.39 Å². The number of hydrogen-bond donors (Lipinski definition) is 0. The molecule has 118 valence electrons. The zero-order chi connectivity index (χ0) is 15.6. The van der Waals surface area contributed by atoms with E-state index in [1.807, 2.05) is 22.3 Å². The van der Waals surface area contributed by atoms with Gasteiger partial charge >= 0.3 is 0 Å². The first-order chi connectivity index (χ1) is 11.3. The summed E-state index contributed by atoms with van der Waals surface area (Å²) in [6.07, 6.45) is 8.36. The predicted octanol–water partition coefficient (Wildman–Crippen LogP) is 4.96. The highest BCUT2D eigenvalue weighted by Gasteiger charge is 2.16. The first kappa shape index (κ1) is 14.7. The molecular formula is C18H18FN3S. The topological polar surface area (TPSA) is 30.2 Å². The van der Waals surface area contributed by atoms with Crippen LogP contribution in [0.3, 0.4) is 0 Å². The van der Waals surface area contributed by atoms with Crippen LogP contribution in [0.15, 0.2) is 47.6 Å². The number of imidazole rings is 1. The van der Waals surface area contributed by atoms with E-state index in [4.69, 9.17) is 5.10 Å². The van der Waals surface area contributed by atoms with E-state index in [-0.39, 0.29) is 5.82 Å². The normalized spacial score (nSPS) is 16.0. The largest absolute Gasteiger partial charge is 0.235 e. The lowest BCUT2D eigenvalue weighted by molar-refractivity contribution is 0.515. The number of thioether (sulfide) groups is 1. The molecular weight excluding hydrogens is 309 g/mol. The third-order valence-electron chi connectivity index (χ3n) is 4.32. The van der Waals surface area contributed by atoms with Crippen LogP contribution in [0.2, 0.25) is 0 Å². The summed E-state index contributed by atoms with van der Waals surface area (Å²) < 4.78 is 15.0. The number of benzene rings is 1. The number of nitrogens with zero attached hydrogens (tertiary/aromatic N) is 3. The Labute approximate surface area is 138 Å². The number of halogens is 1. The molecule has 1 aromatic carbocycles. The number of hydrogen-bond acceptors (Lipinski definition) is 3. The van der Waals surface area contributed by atoms with Crippen molar-refractivity contribution >= 4 is 17.4 Å². The van der Waals surface area contributed by atoms with Gasteiger partial charge in [-0.1, -0.05) is 19.3 Å². The molecule has 0 radical (unpaired) electrons. The second-order valence-corrected chi connectivity index (χ2v) is 7.29. The van der Waals surface area contributed by atoms with Gasteiger partial charge in [0.1, 0.15) is 10.8 Å². The molecule has 0 amide bonds. The highest BCUT2D eigenvalue weighted by molar-refractivity contribution is 7.99. The molecule has 0 bridgehead atoms. The van der Waals surface area contributed by atoms with Crippen LogP contribution in [0.25, 0.3) is 16.9 Å². The summed E-state index contributed by atoms with van der Waals surface area (Å²) >= 11 is 1.87. The van der Waals surface area contributed by atoms with Gasteiger partial charge in [-0.2, -0.15) is 5.10 Å². The minimum absolute atomic E-state index is 0.232. The lowest BCUT2D eigenvalue weighted by atomic mass is 10.0. The summed E-state index contributed by atoms with van der Waals surface area (Å²) in [5, 5.41) is 6.46.